The summed E-state index contributed by atoms with van der Waals surface area (Å²) in [6.45, 7) is 1.84. The van der Waals surface area contributed by atoms with Gasteiger partial charge in [0.1, 0.15) is 0 Å². The molecule has 6 heteroatoms. The number of rotatable bonds is 3. The highest BCUT2D eigenvalue weighted by Crippen LogP contribution is 2.22. The third kappa shape index (κ3) is 2.64. The van der Waals surface area contributed by atoms with Crippen LogP contribution in [0.15, 0.2) is 53.4 Å². The fraction of sp³-hybridized carbons (Fsp3) is 0.0714. The molecule has 0 saturated heterocycles. The van der Waals surface area contributed by atoms with Gasteiger partial charge in [0.15, 0.2) is 0 Å². The minimum Gasteiger partial charge on any atom is -0.274 e. The molecule has 102 valence electrons. The fourth-order valence-corrected chi connectivity index (χ4v) is 2.69. The lowest BCUT2D eigenvalue weighted by molar-refractivity contribution is 0.316. The van der Waals surface area contributed by atoms with E-state index < -0.39 is 10.0 Å². The number of hydrogen-bond donors (Lipinski definition) is 1. The van der Waals surface area contributed by atoms with Gasteiger partial charge in [0.2, 0.25) is 0 Å². The minimum absolute atomic E-state index is 0.00467. The van der Waals surface area contributed by atoms with E-state index in [0.717, 1.165) is 5.56 Å². The smallest absolute Gasteiger partial charge is 0.274 e. The van der Waals surface area contributed by atoms with Crippen molar-refractivity contribution >= 4 is 15.7 Å². The quantitative estimate of drug-likeness (QED) is 0.879. The third-order valence-electron chi connectivity index (χ3n) is 2.76. The summed E-state index contributed by atoms with van der Waals surface area (Å²) < 4.78 is 24.6. The maximum atomic E-state index is 12.2. The highest BCUT2D eigenvalue weighted by molar-refractivity contribution is 7.92. The molecule has 20 heavy (non-hydrogen) atoms. The first kappa shape index (κ1) is 14.1. The van der Waals surface area contributed by atoms with Gasteiger partial charge in [0.05, 0.1) is 22.2 Å². The van der Waals surface area contributed by atoms with Gasteiger partial charge in [-0.1, -0.05) is 17.7 Å². The van der Waals surface area contributed by atoms with E-state index in [-0.39, 0.29) is 15.1 Å². The molecule has 0 unspecified atom stereocenters. The van der Waals surface area contributed by atoms with E-state index >= 15 is 0 Å². The number of aryl methyl sites for hydroxylation is 1. The Morgan fingerprint density at radius 1 is 1.05 bits per heavy atom. The van der Waals surface area contributed by atoms with E-state index in [1.165, 1.54) is 36.4 Å². The van der Waals surface area contributed by atoms with Crippen LogP contribution in [0, 0.1) is 18.3 Å². The molecule has 0 amide bonds. The molecule has 0 aliphatic heterocycles. The molecule has 1 N–H and O–H groups in total. The molecular formula is C14H12N2O3S. The zero-order valence-corrected chi connectivity index (χ0v) is 11.5. The van der Waals surface area contributed by atoms with E-state index in [9.17, 15) is 13.6 Å². The van der Waals surface area contributed by atoms with Crippen LogP contribution in [0.5, 0.6) is 0 Å². The zero-order valence-electron chi connectivity index (χ0n) is 10.7. The molecule has 5 nitrogen and oxygen atoms in total. The molecule has 0 aliphatic rings. The molecule has 0 bridgehead atoms. The highest BCUT2D eigenvalue weighted by atomic mass is 32.2. The molecule has 2 rings (SSSR count). The van der Waals surface area contributed by atoms with Crippen molar-refractivity contribution in [1.29, 1.82) is 5.26 Å². The first-order valence-electron chi connectivity index (χ1n) is 5.76. The Balaban J connectivity index is 2.38. The molecule has 2 aromatic carbocycles. The second kappa shape index (κ2) is 5.33. The summed E-state index contributed by atoms with van der Waals surface area (Å²) in [5.41, 5.74) is 1.38. The Hall–Kier alpha value is -2.36. The van der Waals surface area contributed by atoms with Crippen LogP contribution in [0.4, 0.5) is 5.69 Å². The molecule has 0 spiro atoms. The first-order valence-corrected chi connectivity index (χ1v) is 7.20. The summed E-state index contributed by atoms with van der Waals surface area (Å²) in [5.74, 6) is 0. The van der Waals surface area contributed by atoms with Crippen LogP contribution in [0.25, 0.3) is 0 Å². The Kier molecular flexibility index (Phi) is 3.74. The topological polar surface area (TPSA) is 81.4 Å². The lowest BCUT2D eigenvalue weighted by Gasteiger charge is -2.17. The third-order valence-corrected chi connectivity index (χ3v) is 4.30. The van der Waals surface area contributed by atoms with Gasteiger partial charge < -0.3 is 0 Å². The van der Waals surface area contributed by atoms with Crippen LogP contribution in [0.3, 0.4) is 0 Å². The molecule has 0 atom stereocenters. The maximum Gasteiger partial charge on any atom is 0.286 e. The summed E-state index contributed by atoms with van der Waals surface area (Å²) in [4.78, 5) is -0.00467. The number of hydrogen-bond acceptors (Lipinski definition) is 4. The van der Waals surface area contributed by atoms with Crippen LogP contribution in [0.2, 0.25) is 0 Å². The van der Waals surface area contributed by atoms with E-state index in [1.54, 1.807) is 12.1 Å². The average molecular weight is 288 g/mol. The van der Waals surface area contributed by atoms with E-state index in [2.05, 4.69) is 0 Å². The van der Waals surface area contributed by atoms with Crippen molar-refractivity contribution in [1.82, 2.24) is 0 Å². The fourth-order valence-electron chi connectivity index (χ4n) is 1.61. The van der Waals surface area contributed by atoms with Crippen molar-refractivity contribution in [3.8, 4) is 6.07 Å². The lowest BCUT2D eigenvalue weighted by atomic mass is 10.2. The first-order chi connectivity index (χ1) is 9.45. The molecule has 0 aliphatic carbocycles. The van der Waals surface area contributed by atoms with Crippen LogP contribution in [0.1, 0.15) is 11.1 Å². The second-order valence-corrected chi connectivity index (χ2v) is 5.99. The van der Waals surface area contributed by atoms with Gasteiger partial charge in [-0.2, -0.15) is 13.7 Å². The summed E-state index contributed by atoms with van der Waals surface area (Å²) in [6, 6.07) is 13.7. The van der Waals surface area contributed by atoms with Gasteiger partial charge in [-0.15, -0.1) is 4.47 Å². The van der Waals surface area contributed by atoms with Crippen molar-refractivity contribution in [3.05, 3.63) is 59.7 Å². The molecule has 0 fully saturated rings. The van der Waals surface area contributed by atoms with Crippen LogP contribution >= 0.6 is 0 Å². The Bertz CT molecular complexity index is 745. The van der Waals surface area contributed by atoms with E-state index in [4.69, 9.17) is 5.26 Å². The number of nitriles is 1. The van der Waals surface area contributed by atoms with E-state index in [0.29, 0.717) is 5.56 Å². The summed E-state index contributed by atoms with van der Waals surface area (Å²) in [6.07, 6.45) is 0. The number of nitrogens with zero attached hydrogens (tertiary/aromatic N) is 2. The molecular weight excluding hydrogens is 276 g/mol. The van der Waals surface area contributed by atoms with Crippen molar-refractivity contribution < 1.29 is 13.6 Å². The van der Waals surface area contributed by atoms with Gasteiger partial charge in [0.25, 0.3) is 10.0 Å². The van der Waals surface area contributed by atoms with Crippen LogP contribution in [-0.4, -0.2) is 13.6 Å². The minimum atomic E-state index is -4.02. The largest absolute Gasteiger partial charge is 0.286 e. The molecule has 0 saturated carbocycles. The van der Waals surface area contributed by atoms with Crippen molar-refractivity contribution in [2.75, 3.05) is 4.47 Å². The number of anilines is 1. The van der Waals surface area contributed by atoms with Gasteiger partial charge in [-0.3, -0.25) is 5.21 Å². The van der Waals surface area contributed by atoms with Crippen LogP contribution < -0.4 is 4.47 Å². The normalized spacial score (nSPS) is 10.8. The van der Waals surface area contributed by atoms with E-state index in [1.807, 2.05) is 13.0 Å². The Morgan fingerprint density at radius 3 is 2.10 bits per heavy atom. The molecule has 0 heterocycles. The monoisotopic (exact) mass is 288 g/mol. The van der Waals surface area contributed by atoms with Gasteiger partial charge in [-0.25, -0.2) is 0 Å². The SMILES string of the molecule is Cc1ccc(S(=O)(=O)N(O)c2ccc(C#N)cc2)cc1. The molecule has 0 aromatic heterocycles. The highest BCUT2D eigenvalue weighted by Gasteiger charge is 2.23. The summed E-state index contributed by atoms with van der Waals surface area (Å²) in [7, 11) is -4.02. The lowest BCUT2D eigenvalue weighted by Crippen LogP contribution is -2.27. The van der Waals surface area contributed by atoms with Crippen molar-refractivity contribution in [2.24, 2.45) is 0 Å². The summed E-state index contributed by atoms with van der Waals surface area (Å²) >= 11 is 0. The van der Waals surface area contributed by atoms with Gasteiger partial charge in [0, 0.05) is 0 Å². The second-order valence-electron chi connectivity index (χ2n) is 4.22. The number of benzene rings is 2. The molecule has 2 aromatic rings. The zero-order chi connectivity index (χ0) is 14.8. The number of sulfonamides is 1. The molecule has 0 radical (unpaired) electrons. The predicted octanol–water partition coefficient (Wildman–Crippen LogP) is 2.45. The standard InChI is InChI=1S/C14H12N2O3S/c1-11-2-8-14(9-3-11)20(18,19)16(17)13-6-4-12(10-15)5-7-13/h2-9,17H,1H3. The van der Waals surface area contributed by atoms with Crippen molar-refractivity contribution in [3.63, 3.8) is 0 Å². The van der Waals surface area contributed by atoms with Gasteiger partial charge in [-0.05, 0) is 43.3 Å². The van der Waals surface area contributed by atoms with Crippen LogP contribution in [-0.2, 0) is 10.0 Å². The van der Waals surface area contributed by atoms with Gasteiger partial charge >= 0.3 is 0 Å². The Morgan fingerprint density at radius 2 is 1.60 bits per heavy atom. The maximum absolute atomic E-state index is 12.2. The summed E-state index contributed by atoms with van der Waals surface area (Å²) in [5, 5.41) is 18.6. The predicted molar refractivity (Wildman–Crippen MR) is 73.8 cm³/mol. The van der Waals surface area contributed by atoms with Crippen molar-refractivity contribution in [2.45, 2.75) is 11.8 Å². The average Bonchev–Trinajstić information content (AvgIpc) is 2.47. The Labute approximate surface area is 117 Å².